The molecule has 0 aliphatic carbocycles. The van der Waals surface area contributed by atoms with Crippen LogP contribution in [0.15, 0.2) is 48.7 Å². The molecule has 3 aromatic rings. The van der Waals surface area contributed by atoms with Gasteiger partial charge in [0.1, 0.15) is 11.6 Å². The van der Waals surface area contributed by atoms with Crippen molar-refractivity contribution in [3.05, 3.63) is 59.9 Å². The lowest BCUT2D eigenvalue weighted by atomic mass is 10.1. The van der Waals surface area contributed by atoms with Crippen LogP contribution in [0.25, 0.3) is 11.4 Å². The molecule has 7 nitrogen and oxygen atoms in total. The zero-order valence-electron chi connectivity index (χ0n) is 16.6. The number of nitrogens with one attached hydrogen (secondary N) is 1. The molecule has 3 heterocycles. The third-order valence-electron chi connectivity index (χ3n) is 5.41. The maximum atomic E-state index is 12.1. The van der Waals surface area contributed by atoms with Gasteiger partial charge in [-0.05, 0) is 61.2 Å². The predicted molar refractivity (Wildman–Crippen MR) is 111 cm³/mol. The minimum absolute atomic E-state index is 0.0390. The predicted octanol–water partition coefficient (Wildman–Crippen LogP) is 3.31. The topological polar surface area (TPSA) is 74.6 Å². The summed E-state index contributed by atoms with van der Waals surface area (Å²) in [5.41, 5.74) is 3.30. The number of benzene rings is 2. The number of amides is 1. The Morgan fingerprint density at radius 2 is 1.97 bits per heavy atom. The average molecular weight is 405 g/mol. The van der Waals surface area contributed by atoms with Crippen molar-refractivity contribution >= 4 is 5.91 Å². The number of aromatic nitrogens is 2. The molecule has 2 aliphatic heterocycles. The van der Waals surface area contributed by atoms with E-state index in [9.17, 15) is 4.79 Å². The second-order valence-electron chi connectivity index (χ2n) is 7.46. The highest BCUT2D eigenvalue weighted by Crippen LogP contribution is 2.32. The van der Waals surface area contributed by atoms with Gasteiger partial charge in [0.2, 0.25) is 6.79 Å². The van der Waals surface area contributed by atoms with Crippen molar-refractivity contribution in [1.82, 2.24) is 14.9 Å². The van der Waals surface area contributed by atoms with Crippen molar-refractivity contribution < 1.29 is 19.0 Å². The van der Waals surface area contributed by atoms with Crippen molar-refractivity contribution in [1.29, 1.82) is 0 Å². The number of imidazole rings is 1. The number of nitrogens with zero attached hydrogens (tertiary/aromatic N) is 2. The van der Waals surface area contributed by atoms with Crippen LogP contribution in [-0.2, 0) is 24.3 Å². The Morgan fingerprint density at radius 1 is 1.10 bits per heavy atom. The van der Waals surface area contributed by atoms with Crippen LogP contribution < -0.4 is 19.5 Å². The Kier molecular flexibility index (Phi) is 5.01. The van der Waals surface area contributed by atoms with Crippen LogP contribution >= 0.6 is 0 Å². The minimum atomic E-state index is -0.181. The summed E-state index contributed by atoms with van der Waals surface area (Å²) in [6.45, 7) is 1.62. The Labute approximate surface area is 174 Å². The van der Waals surface area contributed by atoms with Crippen molar-refractivity contribution in [2.45, 2.75) is 32.4 Å². The molecule has 2 aliphatic rings. The minimum Gasteiger partial charge on any atom is -0.484 e. The number of carbonyl (C=O) groups is 1. The van der Waals surface area contributed by atoms with E-state index < -0.39 is 0 Å². The zero-order valence-corrected chi connectivity index (χ0v) is 16.6. The highest BCUT2D eigenvalue weighted by molar-refractivity contribution is 5.77. The van der Waals surface area contributed by atoms with Gasteiger partial charge in [-0.2, -0.15) is 0 Å². The third kappa shape index (κ3) is 3.83. The molecule has 7 heteroatoms. The van der Waals surface area contributed by atoms with Crippen LogP contribution in [-0.4, -0.2) is 28.9 Å². The lowest BCUT2D eigenvalue weighted by Gasteiger charge is -2.16. The monoisotopic (exact) mass is 405 g/mol. The first-order chi connectivity index (χ1) is 14.8. The van der Waals surface area contributed by atoms with Gasteiger partial charge in [0.05, 0.1) is 0 Å². The number of rotatable bonds is 6. The molecule has 0 spiro atoms. The summed E-state index contributed by atoms with van der Waals surface area (Å²) >= 11 is 0. The van der Waals surface area contributed by atoms with Gasteiger partial charge in [-0.25, -0.2) is 4.98 Å². The van der Waals surface area contributed by atoms with E-state index in [1.165, 1.54) is 18.5 Å². The van der Waals surface area contributed by atoms with E-state index in [1.807, 2.05) is 48.7 Å². The second-order valence-corrected chi connectivity index (χ2v) is 7.46. The van der Waals surface area contributed by atoms with Crippen molar-refractivity contribution in [3.63, 3.8) is 0 Å². The Hall–Kier alpha value is -3.48. The second kappa shape index (κ2) is 8.10. The summed E-state index contributed by atoms with van der Waals surface area (Å²) < 4.78 is 18.6. The van der Waals surface area contributed by atoms with Crippen LogP contribution in [0, 0.1) is 0 Å². The van der Waals surface area contributed by atoms with E-state index in [1.54, 1.807) is 0 Å². The van der Waals surface area contributed by atoms with Gasteiger partial charge in [-0.1, -0.05) is 6.07 Å². The first kappa shape index (κ1) is 18.5. The fourth-order valence-electron chi connectivity index (χ4n) is 3.82. The molecule has 0 bridgehead atoms. The highest BCUT2D eigenvalue weighted by Gasteiger charge is 2.16. The third-order valence-corrected chi connectivity index (χ3v) is 5.41. The summed E-state index contributed by atoms with van der Waals surface area (Å²) in [4.78, 5) is 16.7. The van der Waals surface area contributed by atoms with E-state index in [2.05, 4.69) is 14.9 Å². The molecule has 30 heavy (non-hydrogen) atoms. The van der Waals surface area contributed by atoms with Gasteiger partial charge < -0.3 is 24.1 Å². The molecular formula is C23H23N3O4. The van der Waals surface area contributed by atoms with Crippen LogP contribution in [0.2, 0.25) is 0 Å². The van der Waals surface area contributed by atoms with Gasteiger partial charge in [0, 0.05) is 30.5 Å². The van der Waals surface area contributed by atoms with E-state index in [4.69, 9.17) is 14.2 Å². The number of aryl methyl sites for hydroxylation is 1. The number of hydrogen-bond donors (Lipinski definition) is 1. The van der Waals surface area contributed by atoms with Crippen LogP contribution in [0.1, 0.15) is 24.1 Å². The molecular weight excluding hydrogens is 382 g/mol. The molecule has 1 N–H and O–H groups in total. The van der Waals surface area contributed by atoms with Crippen molar-refractivity contribution in [2.75, 3.05) is 13.4 Å². The number of hydrogen-bond acceptors (Lipinski definition) is 5. The van der Waals surface area contributed by atoms with Gasteiger partial charge in [0.15, 0.2) is 18.1 Å². The molecule has 1 aromatic heterocycles. The van der Waals surface area contributed by atoms with Crippen LogP contribution in [0.5, 0.6) is 17.2 Å². The van der Waals surface area contributed by atoms with Gasteiger partial charge in [-0.3, -0.25) is 4.79 Å². The first-order valence-corrected chi connectivity index (χ1v) is 10.2. The molecule has 0 radical (unpaired) electrons. The largest absolute Gasteiger partial charge is 0.484 e. The van der Waals surface area contributed by atoms with E-state index in [0.29, 0.717) is 18.0 Å². The van der Waals surface area contributed by atoms with Crippen LogP contribution in [0.3, 0.4) is 0 Å². The SMILES string of the molecule is O=C(COc1ccc(-c2ncc3n2CCCC3)cc1)NCc1ccc2c(c1)OCO2. The quantitative estimate of drug-likeness (QED) is 0.681. The molecule has 5 rings (SSSR count). The van der Waals surface area contributed by atoms with Crippen LogP contribution in [0.4, 0.5) is 0 Å². The zero-order chi connectivity index (χ0) is 20.3. The molecule has 0 atom stereocenters. The Morgan fingerprint density at radius 3 is 2.87 bits per heavy atom. The summed E-state index contributed by atoms with van der Waals surface area (Å²) in [7, 11) is 0. The molecule has 154 valence electrons. The first-order valence-electron chi connectivity index (χ1n) is 10.2. The van der Waals surface area contributed by atoms with Gasteiger partial charge in [0.25, 0.3) is 5.91 Å². The maximum absolute atomic E-state index is 12.1. The fraction of sp³-hybridized carbons (Fsp3) is 0.304. The number of ether oxygens (including phenoxy) is 3. The molecule has 1 amide bonds. The molecule has 2 aromatic carbocycles. The maximum Gasteiger partial charge on any atom is 0.258 e. The molecule has 0 saturated carbocycles. The van der Waals surface area contributed by atoms with Gasteiger partial charge >= 0.3 is 0 Å². The highest BCUT2D eigenvalue weighted by atomic mass is 16.7. The van der Waals surface area contributed by atoms with Gasteiger partial charge in [-0.15, -0.1) is 0 Å². The van der Waals surface area contributed by atoms with E-state index in [0.717, 1.165) is 35.7 Å². The number of fused-ring (bicyclic) bond motifs is 2. The molecule has 0 unspecified atom stereocenters. The average Bonchev–Trinajstić information content (AvgIpc) is 3.43. The van der Waals surface area contributed by atoms with Crippen molar-refractivity contribution in [2.24, 2.45) is 0 Å². The lowest BCUT2D eigenvalue weighted by molar-refractivity contribution is -0.123. The summed E-state index contributed by atoms with van der Waals surface area (Å²) in [6, 6.07) is 13.4. The lowest BCUT2D eigenvalue weighted by Crippen LogP contribution is -2.28. The summed E-state index contributed by atoms with van der Waals surface area (Å²) in [5.74, 6) is 2.91. The molecule has 0 fully saturated rings. The summed E-state index contributed by atoms with van der Waals surface area (Å²) in [5, 5.41) is 2.85. The fourth-order valence-corrected chi connectivity index (χ4v) is 3.82. The normalized spacial score (nSPS) is 14.3. The Bertz CT molecular complexity index is 1060. The molecule has 0 saturated heterocycles. The van der Waals surface area contributed by atoms with E-state index in [-0.39, 0.29) is 19.3 Å². The Balaban J connectivity index is 1.14. The van der Waals surface area contributed by atoms with E-state index >= 15 is 0 Å². The summed E-state index contributed by atoms with van der Waals surface area (Å²) in [6.07, 6.45) is 5.49. The number of carbonyl (C=O) groups excluding carboxylic acids is 1. The van der Waals surface area contributed by atoms with Crippen molar-refractivity contribution in [3.8, 4) is 28.6 Å². The smallest absolute Gasteiger partial charge is 0.258 e. The standard InChI is InChI=1S/C23H23N3O4/c27-22(24-12-16-4-9-20-21(11-16)30-15-29-20)14-28-19-7-5-17(6-8-19)23-25-13-18-3-1-2-10-26(18)23/h4-9,11,13H,1-3,10,12,14-15H2,(H,24,27).